The first-order valence-corrected chi connectivity index (χ1v) is 11.1. The van der Waals surface area contributed by atoms with Crippen LogP contribution >= 0.6 is 21.2 Å². The molecule has 1 aromatic carbocycles. The third-order valence-electron chi connectivity index (χ3n) is 2.19. The van der Waals surface area contributed by atoms with E-state index in [1.165, 1.54) is 0 Å². The molecule has 0 amide bonds. The van der Waals surface area contributed by atoms with E-state index >= 15 is 0 Å². The summed E-state index contributed by atoms with van der Waals surface area (Å²) in [5.41, 5.74) is 1.28. The van der Waals surface area contributed by atoms with E-state index in [0.717, 1.165) is 11.8 Å². The molecular weight excluding hydrogens is 363 g/mol. The number of hydrogen-bond acceptors (Lipinski definition) is 3. The van der Waals surface area contributed by atoms with Crippen molar-refractivity contribution in [2.24, 2.45) is 0 Å². The van der Waals surface area contributed by atoms with Gasteiger partial charge in [-0.3, -0.25) is 9.00 Å². The van der Waals surface area contributed by atoms with E-state index in [-0.39, 0.29) is 6.10 Å². The Morgan fingerprint density at radius 2 is 2.00 bits per heavy atom. The smallest absolute Gasteiger partial charge is 0.154 e. The van der Waals surface area contributed by atoms with Gasteiger partial charge in [0.25, 0.3) is 0 Å². The molecule has 102 valence electrons. The van der Waals surface area contributed by atoms with Gasteiger partial charge < -0.3 is 4.74 Å². The van der Waals surface area contributed by atoms with Gasteiger partial charge in [-0.1, -0.05) is 12.1 Å². The SMILES string of the molecule is CC(C)Oc1cccc(CS(C)(C)(=O)I)c1C=O. The van der Waals surface area contributed by atoms with E-state index in [1.54, 1.807) is 18.6 Å². The Bertz CT molecular complexity index is 506. The molecule has 0 heterocycles. The van der Waals surface area contributed by atoms with Gasteiger partial charge in [-0.25, -0.2) is 0 Å². The van der Waals surface area contributed by atoms with E-state index in [1.807, 2.05) is 47.2 Å². The number of carbonyl (C=O) groups is 1. The summed E-state index contributed by atoms with van der Waals surface area (Å²) in [7, 11) is 0. The predicted octanol–water partition coefficient (Wildman–Crippen LogP) is 3.22. The number of halogens is 1. The molecule has 0 saturated carbocycles. The molecule has 0 aromatic heterocycles. The molecule has 0 aliphatic rings. The van der Waals surface area contributed by atoms with Gasteiger partial charge in [0.2, 0.25) is 0 Å². The van der Waals surface area contributed by atoms with Crippen LogP contribution in [0.5, 0.6) is 5.75 Å². The number of aldehydes is 1. The lowest BCUT2D eigenvalue weighted by Gasteiger charge is -2.27. The highest BCUT2D eigenvalue weighted by Gasteiger charge is 2.23. The first-order chi connectivity index (χ1) is 8.08. The van der Waals surface area contributed by atoms with Crippen LogP contribution in [0.2, 0.25) is 0 Å². The van der Waals surface area contributed by atoms with Crippen molar-refractivity contribution in [1.29, 1.82) is 0 Å². The summed E-state index contributed by atoms with van der Waals surface area (Å²) < 4.78 is 18.0. The largest absolute Gasteiger partial charge is 0.490 e. The van der Waals surface area contributed by atoms with Crippen LogP contribution in [-0.4, -0.2) is 29.1 Å². The highest BCUT2D eigenvalue weighted by atomic mass is 127. The average molecular weight is 382 g/mol. The molecule has 0 spiro atoms. The van der Waals surface area contributed by atoms with Crippen LogP contribution in [0, 0.1) is 0 Å². The summed E-state index contributed by atoms with van der Waals surface area (Å²) in [6.45, 7) is 3.82. The molecule has 0 radical (unpaired) electrons. The second kappa shape index (κ2) is 5.28. The highest BCUT2D eigenvalue weighted by molar-refractivity contribution is 14.2. The third-order valence-corrected chi connectivity index (χ3v) is 4.24. The van der Waals surface area contributed by atoms with Gasteiger partial charge >= 0.3 is 0 Å². The third kappa shape index (κ3) is 5.06. The van der Waals surface area contributed by atoms with Gasteiger partial charge in [-0.05, 0) is 31.7 Å². The summed E-state index contributed by atoms with van der Waals surface area (Å²) >= 11 is 1.98. The molecule has 0 unspecified atom stereocenters. The van der Waals surface area contributed by atoms with Crippen LogP contribution < -0.4 is 4.74 Å². The normalized spacial score (nSPS) is 14.0. The monoisotopic (exact) mass is 382 g/mol. The first-order valence-electron chi connectivity index (χ1n) is 5.64. The van der Waals surface area contributed by atoms with Gasteiger partial charge in [0.15, 0.2) is 6.29 Å². The molecule has 0 fully saturated rings. The summed E-state index contributed by atoms with van der Waals surface area (Å²) in [6.07, 6.45) is 1.51. The molecule has 0 atom stereocenters. The number of benzene rings is 1. The minimum Gasteiger partial charge on any atom is -0.490 e. The van der Waals surface area contributed by atoms with Crippen molar-refractivity contribution in [3.05, 3.63) is 29.3 Å². The highest BCUT2D eigenvalue weighted by Crippen LogP contribution is 2.34. The van der Waals surface area contributed by atoms with Gasteiger partial charge in [0.05, 0.1) is 11.7 Å². The van der Waals surface area contributed by atoms with Crippen LogP contribution in [0.15, 0.2) is 18.2 Å². The van der Waals surface area contributed by atoms with Crippen molar-refractivity contribution < 1.29 is 13.7 Å². The lowest BCUT2D eigenvalue weighted by atomic mass is 10.1. The summed E-state index contributed by atoms with van der Waals surface area (Å²) in [5.74, 6) is 0.937. The lowest BCUT2D eigenvalue weighted by molar-refractivity contribution is 0.111. The average Bonchev–Trinajstić information content (AvgIpc) is 2.13. The Labute approximate surface area is 120 Å². The Morgan fingerprint density at radius 1 is 1.39 bits per heavy atom. The molecule has 0 bridgehead atoms. The van der Waals surface area contributed by atoms with Gasteiger partial charge in [0, 0.05) is 39.5 Å². The Balaban J connectivity index is 3.22. The van der Waals surface area contributed by atoms with Gasteiger partial charge in [-0.2, -0.15) is 0 Å². The molecule has 0 aliphatic heterocycles. The van der Waals surface area contributed by atoms with Crippen molar-refractivity contribution in [2.75, 3.05) is 12.5 Å². The number of ether oxygens (including phenoxy) is 1. The van der Waals surface area contributed by atoms with Gasteiger partial charge in [-0.15, -0.1) is 0 Å². The Hall–Kier alpha value is -0.430. The van der Waals surface area contributed by atoms with Crippen LogP contribution in [0.4, 0.5) is 0 Å². The predicted molar refractivity (Wildman–Crippen MR) is 85.3 cm³/mol. The van der Waals surface area contributed by atoms with Crippen molar-refractivity contribution in [2.45, 2.75) is 25.7 Å². The molecule has 3 nitrogen and oxygen atoms in total. The van der Waals surface area contributed by atoms with E-state index in [0.29, 0.717) is 17.1 Å². The van der Waals surface area contributed by atoms with Crippen LogP contribution in [0.25, 0.3) is 0 Å². The van der Waals surface area contributed by atoms with Crippen LogP contribution in [0.3, 0.4) is 0 Å². The molecule has 5 heteroatoms. The fraction of sp³-hybridized carbons (Fsp3) is 0.462. The zero-order valence-corrected chi connectivity index (χ0v) is 14.1. The molecule has 1 aromatic rings. The standard InChI is InChI=1S/C13H19IO3S/c1-10(2)17-13-7-5-6-11(12(13)8-15)9-18(3,4,14)16/h5-8,10H,9H2,1-4H3. The molecule has 0 saturated heterocycles. The Morgan fingerprint density at radius 3 is 2.44 bits per heavy atom. The summed E-state index contributed by atoms with van der Waals surface area (Å²) in [5, 5.41) is 0. The number of carbonyl (C=O) groups excluding carboxylic acids is 1. The first kappa shape index (κ1) is 15.6. The summed E-state index contributed by atoms with van der Waals surface area (Å²) in [4.78, 5) is 11.2. The maximum Gasteiger partial charge on any atom is 0.154 e. The van der Waals surface area contributed by atoms with E-state index in [2.05, 4.69) is 0 Å². The van der Waals surface area contributed by atoms with Crippen LogP contribution in [0.1, 0.15) is 29.8 Å². The zero-order valence-electron chi connectivity index (χ0n) is 11.1. The second-order valence-corrected chi connectivity index (χ2v) is 17.5. The maximum absolute atomic E-state index is 12.4. The fourth-order valence-corrected chi connectivity index (χ4v) is 3.76. The fourth-order valence-electron chi connectivity index (χ4n) is 1.64. The van der Waals surface area contributed by atoms with E-state index in [4.69, 9.17) is 4.74 Å². The quantitative estimate of drug-likeness (QED) is 0.446. The minimum absolute atomic E-state index is 0.00215. The van der Waals surface area contributed by atoms with Crippen molar-refractivity contribution in [3.63, 3.8) is 0 Å². The topological polar surface area (TPSA) is 43.4 Å². The number of rotatable bonds is 5. The van der Waals surface area contributed by atoms with Crippen LogP contribution in [-0.2, 0) is 12.0 Å². The van der Waals surface area contributed by atoms with Crippen molar-refractivity contribution in [1.82, 2.24) is 0 Å². The summed E-state index contributed by atoms with van der Waals surface area (Å²) in [6, 6.07) is 5.43. The van der Waals surface area contributed by atoms with Crippen molar-refractivity contribution in [3.8, 4) is 5.75 Å². The number of hydrogen-bond donors (Lipinski definition) is 0. The van der Waals surface area contributed by atoms with Crippen molar-refractivity contribution >= 4 is 33.7 Å². The Kier molecular flexibility index (Phi) is 4.59. The molecule has 18 heavy (non-hydrogen) atoms. The second-order valence-electron chi connectivity index (χ2n) is 5.18. The van der Waals surface area contributed by atoms with E-state index in [9.17, 15) is 9.00 Å². The minimum atomic E-state index is -2.72. The van der Waals surface area contributed by atoms with Gasteiger partial charge in [0.1, 0.15) is 5.75 Å². The molecule has 0 aliphatic carbocycles. The maximum atomic E-state index is 12.4. The molecular formula is C13H19IO3S. The molecule has 1 rings (SSSR count). The van der Waals surface area contributed by atoms with E-state index < -0.39 is 6.24 Å². The molecule has 0 N–H and O–H groups in total. The lowest BCUT2D eigenvalue weighted by Crippen LogP contribution is -2.23. The zero-order chi connectivity index (χ0) is 14.0.